The highest BCUT2D eigenvalue weighted by atomic mass is 16.5. The quantitative estimate of drug-likeness (QED) is 0.639. The van der Waals surface area contributed by atoms with Crippen LogP contribution in [0.25, 0.3) is 11.4 Å². The Morgan fingerprint density at radius 3 is 2.26 bits per heavy atom. The number of aromatic nitrogens is 2. The maximum atomic E-state index is 12.2. The molecular formula is C24H27N5O2. The van der Waals surface area contributed by atoms with Crippen LogP contribution >= 0.6 is 0 Å². The van der Waals surface area contributed by atoms with Gasteiger partial charge in [0.05, 0.1) is 13.2 Å². The molecule has 1 saturated heterocycles. The second kappa shape index (κ2) is 9.57. The molecule has 1 fully saturated rings. The van der Waals surface area contributed by atoms with Crippen LogP contribution in [-0.4, -0.2) is 42.3 Å². The van der Waals surface area contributed by atoms with Crippen LogP contribution in [0.2, 0.25) is 0 Å². The molecule has 0 atom stereocenters. The molecule has 0 aliphatic carbocycles. The number of hydrogen-bond acceptors (Lipinski definition) is 5. The molecule has 1 aliphatic heterocycles. The number of nitrogens with zero attached hydrogens (tertiary/aromatic N) is 3. The molecule has 0 bridgehead atoms. The number of hydrogen-bond donors (Lipinski definition) is 2. The summed E-state index contributed by atoms with van der Waals surface area (Å²) >= 11 is 0. The third-order valence-electron chi connectivity index (χ3n) is 5.30. The summed E-state index contributed by atoms with van der Waals surface area (Å²) in [5.41, 5.74) is 4.54. The van der Waals surface area contributed by atoms with E-state index in [4.69, 9.17) is 14.7 Å². The average molecular weight is 418 g/mol. The molecule has 2 aromatic carbocycles. The zero-order valence-electron chi connectivity index (χ0n) is 17.9. The zero-order chi connectivity index (χ0) is 21.6. The summed E-state index contributed by atoms with van der Waals surface area (Å²) in [6.45, 7) is 7.29. The first-order valence-corrected chi connectivity index (χ1v) is 10.6. The van der Waals surface area contributed by atoms with Crippen LogP contribution in [-0.2, 0) is 11.2 Å². The lowest BCUT2D eigenvalue weighted by molar-refractivity contribution is 0.122. The fourth-order valence-electron chi connectivity index (χ4n) is 3.62. The molecule has 1 aromatic heterocycles. The molecule has 160 valence electrons. The van der Waals surface area contributed by atoms with Crippen LogP contribution in [0.3, 0.4) is 0 Å². The lowest BCUT2D eigenvalue weighted by atomic mass is 10.1. The van der Waals surface area contributed by atoms with Gasteiger partial charge in [-0.3, -0.25) is 0 Å². The van der Waals surface area contributed by atoms with Crippen molar-refractivity contribution in [1.82, 2.24) is 9.97 Å². The Morgan fingerprint density at radius 1 is 0.968 bits per heavy atom. The normalized spacial score (nSPS) is 13.7. The van der Waals surface area contributed by atoms with Gasteiger partial charge in [0.1, 0.15) is 5.82 Å². The molecule has 7 heteroatoms. The van der Waals surface area contributed by atoms with Crippen molar-refractivity contribution in [2.75, 3.05) is 41.8 Å². The number of benzene rings is 2. The third kappa shape index (κ3) is 5.00. The fraction of sp³-hybridized carbons (Fsp3) is 0.292. The molecule has 31 heavy (non-hydrogen) atoms. The van der Waals surface area contributed by atoms with Crippen molar-refractivity contribution >= 4 is 23.2 Å². The molecule has 4 rings (SSSR count). The fourth-order valence-corrected chi connectivity index (χ4v) is 3.62. The lowest BCUT2D eigenvalue weighted by Crippen LogP contribution is -2.37. The Bertz CT molecular complexity index is 1030. The van der Waals surface area contributed by atoms with E-state index < -0.39 is 0 Å². The van der Waals surface area contributed by atoms with Crippen LogP contribution in [0.5, 0.6) is 0 Å². The number of urea groups is 1. The standard InChI is InChI=1S/C24H27N5O2/c1-3-21-17(2)23(29-13-15-31-16-14-29)28-22(27-21)18-9-11-20(12-10-18)26-24(30)25-19-7-5-4-6-8-19/h4-12H,3,13-16H2,1-2H3,(H2,25,26,30). The zero-order valence-corrected chi connectivity index (χ0v) is 17.9. The van der Waals surface area contributed by atoms with Crippen molar-refractivity contribution < 1.29 is 9.53 Å². The number of aryl methyl sites for hydroxylation is 1. The van der Waals surface area contributed by atoms with Crippen molar-refractivity contribution in [2.45, 2.75) is 20.3 Å². The number of para-hydroxylation sites is 1. The van der Waals surface area contributed by atoms with E-state index in [-0.39, 0.29) is 6.03 Å². The number of anilines is 3. The van der Waals surface area contributed by atoms with Gasteiger partial charge in [-0.25, -0.2) is 14.8 Å². The van der Waals surface area contributed by atoms with Crippen LogP contribution < -0.4 is 15.5 Å². The van der Waals surface area contributed by atoms with Gasteiger partial charge in [-0.2, -0.15) is 0 Å². The molecule has 1 aliphatic rings. The van der Waals surface area contributed by atoms with E-state index in [0.717, 1.165) is 47.8 Å². The third-order valence-corrected chi connectivity index (χ3v) is 5.30. The number of morpholine rings is 1. The molecule has 0 unspecified atom stereocenters. The van der Waals surface area contributed by atoms with Gasteiger partial charge in [-0.1, -0.05) is 25.1 Å². The van der Waals surface area contributed by atoms with Crippen molar-refractivity contribution in [3.05, 3.63) is 65.9 Å². The predicted molar refractivity (Wildman–Crippen MR) is 124 cm³/mol. The largest absolute Gasteiger partial charge is 0.378 e. The van der Waals surface area contributed by atoms with Gasteiger partial charge in [-0.15, -0.1) is 0 Å². The summed E-state index contributed by atoms with van der Waals surface area (Å²) in [5.74, 6) is 1.68. The van der Waals surface area contributed by atoms with Gasteiger partial charge in [0.15, 0.2) is 5.82 Å². The Labute approximate surface area is 182 Å². The first-order valence-electron chi connectivity index (χ1n) is 10.6. The van der Waals surface area contributed by atoms with Crippen LogP contribution in [0.1, 0.15) is 18.2 Å². The van der Waals surface area contributed by atoms with Gasteiger partial charge in [0.25, 0.3) is 0 Å². The van der Waals surface area contributed by atoms with Gasteiger partial charge in [-0.05, 0) is 49.7 Å². The molecule has 3 aromatic rings. The van der Waals surface area contributed by atoms with Crippen molar-refractivity contribution in [3.63, 3.8) is 0 Å². The molecular weight excluding hydrogens is 390 g/mol. The van der Waals surface area contributed by atoms with Crippen LogP contribution in [0.4, 0.5) is 22.0 Å². The van der Waals surface area contributed by atoms with Crippen LogP contribution in [0, 0.1) is 6.92 Å². The maximum absolute atomic E-state index is 12.2. The minimum absolute atomic E-state index is 0.284. The summed E-state index contributed by atoms with van der Waals surface area (Å²) in [4.78, 5) is 24.2. The van der Waals surface area contributed by atoms with E-state index in [9.17, 15) is 4.79 Å². The minimum atomic E-state index is -0.284. The Kier molecular flexibility index (Phi) is 6.43. The maximum Gasteiger partial charge on any atom is 0.323 e. The molecule has 0 spiro atoms. The number of rotatable bonds is 5. The Morgan fingerprint density at radius 2 is 1.61 bits per heavy atom. The van der Waals surface area contributed by atoms with E-state index in [1.807, 2.05) is 54.6 Å². The molecule has 7 nitrogen and oxygen atoms in total. The van der Waals surface area contributed by atoms with Gasteiger partial charge >= 0.3 is 6.03 Å². The van der Waals surface area contributed by atoms with Crippen molar-refractivity contribution in [2.24, 2.45) is 0 Å². The van der Waals surface area contributed by atoms with E-state index in [2.05, 4.69) is 29.4 Å². The summed E-state index contributed by atoms with van der Waals surface area (Å²) in [6, 6.07) is 16.7. The van der Waals surface area contributed by atoms with E-state index in [1.54, 1.807) is 0 Å². The van der Waals surface area contributed by atoms with Crippen molar-refractivity contribution in [3.8, 4) is 11.4 Å². The molecule has 2 amide bonds. The second-order valence-corrected chi connectivity index (χ2v) is 7.42. The Hall–Kier alpha value is -3.45. The highest BCUT2D eigenvalue weighted by Gasteiger charge is 2.19. The molecule has 0 radical (unpaired) electrons. The van der Waals surface area contributed by atoms with E-state index in [0.29, 0.717) is 24.7 Å². The van der Waals surface area contributed by atoms with Gasteiger partial charge in [0, 0.05) is 41.3 Å². The van der Waals surface area contributed by atoms with Crippen molar-refractivity contribution in [1.29, 1.82) is 0 Å². The Balaban J connectivity index is 1.52. The number of carbonyl (C=O) groups excluding carboxylic acids is 1. The average Bonchev–Trinajstić information content (AvgIpc) is 2.81. The van der Waals surface area contributed by atoms with E-state index in [1.165, 1.54) is 0 Å². The summed E-state index contributed by atoms with van der Waals surface area (Å²) in [6.07, 6.45) is 0.845. The summed E-state index contributed by atoms with van der Waals surface area (Å²) in [7, 11) is 0. The monoisotopic (exact) mass is 417 g/mol. The van der Waals surface area contributed by atoms with Crippen LogP contribution in [0.15, 0.2) is 54.6 Å². The summed E-state index contributed by atoms with van der Waals surface area (Å²) < 4.78 is 5.49. The SMILES string of the molecule is CCc1nc(-c2ccc(NC(=O)Nc3ccccc3)cc2)nc(N2CCOCC2)c1C. The number of ether oxygens (including phenoxy) is 1. The number of carbonyl (C=O) groups is 1. The molecule has 2 heterocycles. The predicted octanol–water partition coefficient (Wildman–Crippen LogP) is 4.50. The first kappa shape index (κ1) is 20.8. The lowest BCUT2D eigenvalue weighted by Gasteiger charge is -2.29. The summed E-state index contributed by atoms with van der Waals surface area (Å²) in [5, 5.41) is 5.66. The topological polar surface area (TPSA) is 79.4 Å². The highest BCUT2D eigenvalue weighted by Crippen LogP contribution is 2.26. The van der Waals surface area contributed by atoms with Gasteiger partial charge in [0.2, 0.25) is 0 Å². The first-order chi connectivity index (χ1) is 15.1. The van der Waals surface area contributed by atoms with E-state index >= 15 is 0 Å². The smallest absolute Gasteiger partial charge is 0.323 e. The molecule has 0 saturated carbocycles. The minimum Gasteiger partial charge on any atom is -0.378 e. The number of nitrogens with one attached hydrogen (secondary N) is 2. The number of amides is 2. The second-order valence-electron chi connectivity index (χ2n) is 7.42. The highest BCUT2D eigenvalue weighted by molar-refractivity contribution is 5.99. The molecule has 2 N–H and O–H groups in total. The van der Waals surface area contributed by atoms with Gasteiger partial charge < -0.3 is 20.3 Å².